The number of terminal acetylenes is 2. The summed E-state index contributed by atoms with van der Waals surface area (Å²) in [6.07, 6.45) is 19.1. The van der Waals surface area contributed by atoms with Crippen molar-refractivity contribution in [1.29, 1.82) is 0 Å². The fourth-order valence-corrected chi connectivity index (χ4v) is 5.74. The van der Waals surface area contributed by atoms with E-state index in [-0.39, 0.29) is 54.8 Å². The van der Waals surface area contributed by atoms with Gasteiger partial charge < -0.3 is 36.1 Å². The van der Waals surface area contributed by atoms with Gasteiger partial charge in [-0.3, -0.25) is 4.79 Å². The summed E-state index contributed by atoms with van der Waals surface area (Å²) in [6, 6.07) is 0.459. The molecule has 0 aromatic carbocycles. The zero-order chi connectivity index (χ0) is 41.2. The van der Waals surface area contributed by atoms with Crippen LogP contribution in [0.5, 0.6) is 0 Å². The SMILES string of the molecule is C#CCCCN.C#CCCCNC1CC(C)(C)N(O)C(C)(C)C1.C1CCOC1.CC(=O)OOC(C)=O.CC(=O)[O-].CC1(C)CC(=O)CC(C)(C)N1O.[B].[Na+]. The summed E-state index contributed by atoms with van der Waals surface area (Å²) in [7, 11) is 0. The predicted molar refractivity (Wildman–Crippen MR) is 204 cm³/mol. The summed E-state index contributed by atoms with van der Waals surface area (Å²) in [4.78, 5) is 47.5. The van der Waals surface area contributed by atoms with E-state index in [0.717, 1.165) is 79.1 Å². The number of carbonyl (C=O) groups is 4. The smallest absolute Gasteiger partial charge is 0.550 e. The Balaban J connectivity index is -0.000000190. The first-order valence-corrected chi connectivity index (χ1v) is 17.7. The number of piperidine rings is 2. The monoisotopic (exact) mass is 776 g/mol. The number of rotatable bonds is 6. The van der Waals surface area contributed by atoms with Gasteiger partial charge in [-0.15, -0.1) is 24.7 Å². The number of Topliss-reactive ketones (excluding diaryl/α,β-unsaturated/α-hetero) is 1. The van der Waals surface area contributed by atoms with E-state index in [1.165, 1.54) is 23.0 Å². The number of nitrogens with two attached hydrogens (primary N) is 1. The second-order valence-electron chi connectivity index (χ2n) is 15.2. The number of nitrogens with zero attached hydrogens (tertiary/aromatic N) is 2. The molecule has 305 valence electrons. The van der Waals surface area contributed by atoms with Crippen LogP contribution >= 0.6 is 0 Å². The third kappa shape index (κ3) is 32.2. The molecule has 0 bridgehead atoms. The molecule has 14 nitrogen and oxygen atoms in total. The van der Waals surface area contributed by atoms with Gasteiger partial charge in [-0.25, -0.2) is 19.4 Å². The molecule has 0 atom stereocenters. The quantitative estimate of drug-likeness (QED) is 0.0958. The second-order valence-corrected chi connectivity index (χ2v) is 15.2. The molecule has 3 saturated heterocycles. The molecular formula is C38H69BN4NaO10. The number of ether oxygens (including phenoxy) is 1. The zero-order valence-electron chi connectivity index (χ0n) is 35.3. The van der Waals surface area contributed by atoms with E-state index in [1.54, 1.807) is 0 Å². The molecule has 3 radical (unpaired) electrons. The van der Waals surface area contributed by atoms with Crippen LogP contribution in [-0.2, 0) is 33.7 Å². The Hall–Kier alpha value is -2.02. The maximum absolute atomic E-state index is 11.3. The largest absolute Gasteiger partial charge is 1.00 e. The van der Waals surface area contributed by atoms with Crippen molar-refractivity contribution >= 4 is 32.1 Å². The molecule has 0 spiro atoms. The first kappa shape index (κ1) is 61.2. The van der Waals surface area contributed by atoms with Gasteiger partial charge in [0.15, 0.2) is 0 Å². The van der Waals surface area contributed by atoms with Crippen LogP contribution in [-0.4, -0.2) is 107 Å². The van der Waals surface area contributed by atoms with Gasteiger partial charge in [0.25, 0.3) is 0 Å². The maximum Gasteiger partial charge on any atom is 1.00 e. The molecular weight excluding hydrogens is 706 g/mol. The number of hydrogen-bond donors (Lipinski definition) is 4. The Morgan fingerprint density at radius 1 is 0.833 bits per heavy atom. The van der Waals surface area contributed by atoms with Crippen LogP contribution in [0.25, 0.3) is 0 Å². The van der Waals surface area contributed by atoms with E-state index < -0.39 is 29.0 Å². The van der Waals surface area contributed by atoms with Crippen LogP contribution in [0, 0.1) is 24.7 Å². The molecule has 0 aliphatic carbocycles. The fraction of sp³-hybridized carbons (Fsp3) is 0.789. The van der Waals surface area contributed by atoms with E-state index in [0.29, 0.717) is 25.4 Å². The van der Waals surface area contributed by atoms with E-state index >= 15 is 0 Å². The molecule has 3 rings (SSSR count). The van der Waals surface area contributed by atoms with Crippen LogP contribution in [0.1, 0.15) is 140 Å². The summed E-state index contributed by atoms with van der Waals surface area (Å²) < 4.78 is 4.94. The normalized spacial score (nSPS) is 18.8. The molecule has 3 fully saturated rings. The van der Waals surface area contributed by atoms with Crippen molar-refractivity contribution in [2.24, 2.45) is 5.73 Å². The minimum absolute atomic E-state index is 0. The molecule has 0 aromatic rings. The Kier molecular flexibility index (Phi) is 36.4. The molecule has 0 aromatic heterocycles. The van der Waals surface area contributed by atoms with Crippen LogP contribution in [0.2, 0.25) is 0 Å². The molecule has 3 aliphatic heterocycles. The van der Waals surface area contributed by atoms with Gasteiger partial charge in [-0.1, -0.05) is 0 Å². The average molecular weight is 776 g/mol. The number of aliphatic carboxylic acids is 1. The van der Waals surface area contributed by atoms with E-state index in [2.05, 4.69) is 54.6 Å². The summed E-state index contributed by atoms with van der Waals surface area (Å²) in [6.45, 7) is 22.8. The number of carboxylic acids is 1. The van der Waals surface area contributed by atoms with E-state index in [9.17, 15) is 24.8 Å². The average Bonchev–Trinajstić information content (AvgIpc) is 3.59. The minimum atomic E-state index is -1.08. The summed E-state index contributed by atoms with van der Waals surface area (Å²) in [5, 5.41) is 35.2. The number of unbranched alkanes of at least 4 members (excludes halogenated alkanes) is 2. The third-order valence-electron chi connectivity index (χ3n) is 7.60. The third-order valence-corrected chi connectivity index (χ3v) is 7.60. The number of hydroxylamine groups is 4. The van der Waals surface area contributed by atoms with Crippen molar-refractivity contribution in [1.82, 2.24) is 15.4 Å². The van der Waals surface area contributed by atoms with Crippen molar-refractivity contribution < 1.29 is 78.8 Å². The fourth-order valence-electron chi connectivity index (χ4n) is 5.74. The van der Waals surface area contributed by atoms with Gasteiger partial charge in [0.05, 0.1) is 0 Å². The summed E-state index contributed by atoms with van der Waals surface area (Å²) in [5.41, 5.74) is 3.93. The van der Waals surface area contributed by atoms with Crippen LogP contribution in [0.15, 0.2) is 0 Å². The van der Waals surface area contributed by atoms with Crippen molar-refractivity contribution in [3.8, 4) is 24.7 Å². The molecule has 0 unspecified atom stereocenters. The van der Waals surface area contributed by atoms with Crippen molar-refractivity contribution in [3.05, 3.63) is 0 Å². The molecule has 3 aliphatic rings. The number of carbonyl (C=O) groups excluding carboxylic acids is 4. The number of hydrogen-bond acceptors (Lipinski definition) is 14. The van der Waals surface area contributed by atoms with Crippen molar-refractivity contribution in [2.75, 3.05) is 26.3 Å². The molecule has 5 N–H and O–H groups in total. The topological polar surface area (TPSA) is 204 Å². The molecule has 3 heterocycles. The molecule has 0 saturated carbocycles. The predicted octanol–water partition coefficient (Wildman–Crippen LogP) is 0.560. The minimum Gasteiger partial charge on any atom is -0.550 e. The Labute approximate surface area is 350 Å². The number of nitrogens with one attached hydrogen (secondary N) is 1. The van der Waals surface area contributed by atoms with Crippen molar-refractivity contribution in [2.45, 2.75) is 169 Å². The molecule has 0 amide bonds. The van der Waals surface area contributed by atoms with Gasteiger partial charge in [0.1, 0.15) is 5.78 Å². The van der Waals surface area contributed by atoms with E-state index in [4.69, 9.17) is 33.2 Å². The Bertz CT molecular complexity index is 1070. The van der Waals surface area contributed by atoms with Gasteiger partial charge in [-0.05, 0) is 114 Å². The Morgan fingerprint density at radius 2 is 1.19 bits per heavy atom. The van der Waals surface area contributed by atoms with Gasteiger partial charge in [0, 0.05) is 95.3 Å². The first-order valence-electron chi connectivity index (χ1n) is 17.7. The zero-order valence-corrected chi connectivity index (χ0v) is 37.3. The van der Waals surface area contributed by atoms with Crippen molar-refractivity contribution in [3.63, 3.8) is 0 Å². The molecule has 54 heavy (non-hydrogen) atoms. The van der Waals surface area contributed by atoms with E-state index in [1.807, 2.05) is 27.7 Å². The number of ketones is 1. The van der Waals surface area contributed by atoms with Crippen LogP contribution in [0.3, 0.4) is 0 Å². The van der Waals surface area contributed by atoms with Gasteiger partial charge in [-0.2, -0.15) is 10.1 Å². The van der Waals surface area contributed by atoms with Crippen LogP contribution < -0.4 is 45.7 Å². The number of carboxylic acid groups (broad SMARTS) is 1. The second kappa shape index (κ2) is 32.1. The summed E-state index contributed by atoms with van der Waals surface area (Å²) in [5.74, 6) is 3.02. The Morgan fingerprint density at radius 3 is 1.46 bits per heavy atom. The van der Waals surface area contributed by atoms with Crippen LogP contribution in [0.4, 0.5) is 0 Å². The van der Waals surface area contributed by atoms with Gasteiger partial charge in [0.2, 0.25) is 0 Å². The molecule has 16 heteroatoms. The standard InChI is InChI=1S/C14H26N2O.C9H17NO2.C5H9N.C4H6O4.C4H8O.C2H4O2.B.Na/c1-6-7-8-9-15-12-10-13(2,3)16(17)14(4,5)11-12;1-8(2)5-7(11)6-9(3,4)10(8)12;1-2-3-4-5-6;1-3(5)7-8-4(2)6;1-2-4-5-3-1;1-2(3)4;;/h1,12,15,17H,7-11H2,2-5H3;12H,5-6H2,1-4H3;1H,3-6H2;1-2H3;1-4H2;1H3,(H,3,4);;/q;;;;;;;+1/p-1. The summed E-state index contributed by atoms with van der Waals surface area (Å²) >= 11 is 0. The maximum atomic E-state index is 11.3. The first-order chi connectivity index (χ1) is 23.8. The van der Waals surface area contributed by atoms with Gasteiger partial charge >= 0.3 is 41.5 Å².